The van der Waals surface area contributed by atoms with E-state index in [2.05, 4.69) is 15.0 Å². The molecule has 6 nitrogen and oxygen atoms in total. The van der Waals surface area contributed by atoms with Crippen LogP contribution in [0, 0.1) is 0 Å². The Balaban J connectivity index is 2.03. The number of methoxy groups -OCH3 is 1. The lowest BCUT2D eigenvalue weighted by Gasteiger charge is -2.13. The van der Waals surface area contributed by atoms with Crippen molar-refractivity contribution in [2.45, 2.75) is 6.92 Å². The Morgan fingerprint density at radius 3 is 2.69 bits per heavy atom. The quantitative estimate of drug-likeness (QED) is 0.595. The zero-order valence-electron chi connectivity index (χ0n) is 14.8. The minimum absolute atomic E-state index is 0.108. The highest BCUT2D eigenvalue weighted by molar-refractivity contribution is 8.01. The fourth-order valence-electron chi connectivity index (χ4n) is 2.54. The van der Waals surface area contributed by atoms with E-state index in [0.717, 1.165) is 22.3 Å². The molecule has 0 amide bonds. The second kappa shape index (κ2) is 7.13. The van der Waals surface area contributed by atoms with Gasteiger partial charge < -0.3 is 19.9 Å². The van der Waals surface area contributed by atoms with Crippen molar-refractivity contribution >= 4 is 43.0 Å². The maximum Gasteiger partial charge on any atom is 0.124 e. The average Bonchev–Trinajstić information content (AvgIpc) is 2.61. The lowest BCUT2D eigenvalue weighted by Crippen LogP contribution is -2.11. The molecule has 0 spiro atoms. The first-order valence-electron chi connectivity index (χ1n) is 8.00. The summed E-state index contributed by atoms with van der Waals surface area (Å²) >= 11 is 0. The molecule has 0 bridgehead atoms. The molecule has 136 valence electrons. The minimum Gasteiger partial charge on any atom is -0.508 e. The molecule has 3 rings (SSSR count). The van der Waals surface area contributed by atoms with E-state index in [-0.39, 0.29) is 5.75 Å². The Morgan fingerprint density at radius 1 is 1.15 bits per heavy atom. The van der Waals surface area contributed by atoms with Crippen LogP contribution in [0.5, 0.6) is 11.5 Å². The maximum atomic E-state index is 12.3. The molecule has 3 N–H and O–H groups in total. The SMILES string of the molecule is CC=S(C)(=O)Nc1ccc2nccc(Nc3cc(O)cc(OC)c3)c2c1. The Hall–Kier alpha value is -2.93. The monoisotopic (exact) mass is 371 g/mol. The van der Waals surface area contributed by atoms with Crippen LogP contribution in [0.4, 0.5) is 17.1 Å². The van der Waals surface area contributed by atoms with E-state index in [4.69, 9.17) is 4.74 Å². The van der Waals surface area contributed by atoms with E-state index < -0.39 is 9.71 Å². The molecule has 0 aliphatic carbocycles. The fraction of sp³-hybridized carbons (Fsp3) is 0.158. The van der Waals surface area contributed by atoms with Crippen LogP contribution in [0.1, 0.15) is 6.92 Å². The van der Waals surface area contributed by atoms with E-state index in [1.807, 2.05) is 24.3 Å². The first-order valence-corrected chi connectivity index (χ1v) is 10.0. The largest absolute Gasteiger partial charge is 0.508 e. The summed E-state index contributed by atoms with van der Waals surface area (Å²) in [7, 11) is -0.696. The molecule has 0 aliphatic rings. The van der Waals surface area contributed by atoms with Crippen LogP contribution in [0.15, 0.2) is 48.7 Å². The highest BCUT2D eigenvalue weighted by Gasteiger charge is 2.07. The van der Waals surface area contributed by atoms with Crippen LogP contribution < -0.4 is 14.8 Å². The number of phenolic OH excluding ortho intramolecular Hbond substituents is 1. The van der Waals surface area contributed by atoms with Gasteiger partial charge in [-0.25, -0.2) is 4.21 Å². The molecule has 0 saturated heterocycles. The second-order valence-electron chi connectivity index (χ2n) is 5.88. The number of benzene rings is 2. The second-order valence-corrected chi connectivity index (χ2v) is 8.36. The van der Waals surface area contributed by atoms with Crippen molar-refractivity contribution < 1.29 is 14.1 Å². The van der Waals surface area contributed by atoms with Crippen LogP contribution in [0.25, 0.3) is 10.9 Å². The van der Waals surface area contributed by atoms with Crippen molar-refractivity contribution in [2.75, 3.05) is 23.4 Å². The van der Waals surface area contributed by atoms with Gasteiger partial charge in [0.1, 0.15) is 11.5 Å². The number of hydrogen-bond donors (Lipinski definition) is 3. The highest BCUT2D eigenvalue weighted by atomic mass is 32.2. The van der Waals surface area contributed by atoms with Gasteiger partial charge in [0.2, 0.25) is 0 Å². The van der Waals surface area contributed by atoms with Crippen molar-refractivity contribution in [3.63, 3.8) is 0 Å². The standard InChI is InChI=1S/C19H21N3O3S/c1-4-26(3,24)22-13-5-6-18-17(11-13)19(7-8-20-18)21-14-9-15(23)12-16(10-14)25-2/h4-12,23H,1-3H3,(H,20,21)(H,22,24). The number of phenols is 1. The molecular formula is C19H21N3O3S. The number of hydrogen-bond acceptors (Lipinski definition) is 5. The van der Waals surface area contributed by atoms with Crippen molar-refractivity contribution in [3.8, 4) is 11.5 Å². The maximum absolute atomic E-state index is 12.3. The van der Waals surface area contributed by atoms with Crippen molar-refractivity contribution in [3.05, 3.63) is 48.7 Å². The summed E-state index contributed by atoms with van der Waals surface area (Å²) in [5.74, 6) is 0.661. The lowest BCUT2D eigenvalue weighted by molar-refractivity contribution is 0.408. The highest BCUT2D eigenvalue weighted by Crippen LogP contribution is 2.31. The molecule has 2 aromatic carbocycles. The van der Waals surface area contributed by atoms with E-state index in [9.17, 15) is 9.32 Å². The zero-order valence-corrected chi connectivity index (χ0v) is 15.6. The number of aromatic nitrogens is 1. The Labute approximate surface area is 153 Å². The number of pyridine rings is 1. The Morgan fingerprint density at radius 2 is 1.96 bits per heavy atom. The summed E-state index contributed by atoms with van der Waals surface area (Å²) in [6.07, 6.45) is 3.36. The van der Waals surface area contributed by atoms with E-state index in [0.29, 0.717) is 11.4 Å². The van der Waals surface area contributed by atoms with Gasteiger partial charge in [0.05, 0.1) is 12.6 Å². The molecule has 0 radical (unpaired) electrons. The van der Waals surface area contributed by atoms with E-state index in [1.54, 1.807) is 44.0 Å². The first kappa shape index (κ1) is 17.9. The number of rotatable bonds is 5. The van der Waals surface area contributed by atoms with Gasteiger partial charge in [-0.2, -0.15) is 0 Å². The van der Waals surface area contributed by atoms with Crippen molar-refractivity contribution in [2.24, 2.45) is 0 Å². The van der Waals surface area contributed by atoms with Crippen LogP contribution >= 0.6 is 0 Å². The van der Waals surface area contributed by atoms with Crippen LogP contribution in [0.3, 0.4) is 0 Å². The molecule has 0 aliphatic heterocycles. The van der Waals surface area contributed by atoms with Gasteiger partial charge in [-0.3, -0.25) is 4.98 Å². The molecule has 7 heteroatoms. The topological polar surface area (TPSA) is 83.5 Å². The molecular weight excluding hydrogens is 350 g/mol. The van der Waals surface area contributed by atoms with Crippen LogP contribution in [-0.4, -0.2) is 33.0 Å². The summed E-state index contributed by atoms with van der Waals surface area (Å²) in [5.41, 5.74) is 3.05. The summed E-state index contributed by atoms with van der Waals surface area (Å²) in [4.78, 5) is 4.37. The van der Waals surface area contributed by atoms with E-state index in [1.165, 1.54) is 6.07 Å². The van der Waals surface area contributed by atoms with Crippen molar-refractivity contribution in [1.29, 1.82) is 0 Å². The molecule has 0 saturated carbocycles. The van der Waals surface area contributed by atoms with Crippen molar-refractivity contribution in [1.82, 2.24) is 4.98 Å². The lowest BCUT2D eigenvalue weighted by atomic mass is 10.1. The summed E-state index contributed by atoms with van der Waals surface area (Å²) in [6, 6.07) is 12.4. The summed E-state index contributed by atoms with van der Waals surface area (Å²) < 4.78 is 20.5. The predicted octanol–water partition coefficient (Wildman–Crippen LogP) is 3.76. The average molecular weight is 371 g/mol. The predicted molar refractivity (Wildman–Crippen MR) is 109 cm³/mol. The number of nitrogens with one attached hydrogen (secondary N) is 2. The third-order valence-electron chi connectivity index (χ3n) is 3.92. The number of aromatic hydroxyl groups is 1. The Kier molecular flexibility index (Phi) is 4.90. The number of ether oxygens (including phenoxy) is 1. The van der Waals surface area contributed by atoms with Gasteiger partial charge in [-0.15, -0.1) is 0 Å². The molecule has 1 atom stereocenters. The third kappa shape index (κ3) is 4.00. The normalized spacial score (nSPS) is 13.0. The number of fused-ring (bicyclic) bond motifs is 1. The zero-order chi connectivity index (χ0) is 18.7. The van der Waals surface area contributed by atoms with Crippen LogP contribution in [-0.2, 0) is 9.71 Å². The van der Waals surface area contributed by atoms with Gasteiger partial charge in [0.25, 0.3) is 0 Å². The smallest absolute Gasteiger partial charge is 0.124 e. The van der Waals surface area contributed by atoms with Gasteiger partial charge in [-0.1, -0.05) is 0 Å². The molecule has 3 aromatic rings. The first-order chi connectivity index (χ1) is 12.4. The van der Waals surface area contributed by atoms with Gasteiger partial charge in [0, 0.05) is 62.8 Å². The molecule has 0 fully saturated rings. The summed E-state index contributed by atoms with van der Waals surface area (Å²) in [5, 5.41) is 15.6. The molecule has 1 aromatic heterocycles. The number of anilines is 3. The fourth-order valence-corrected chi connectivity index (χ4v) is 3.25. The summed E-state index contributed by atoms with van der Waals surface area (Å²) in [6.45, 7) is 1.76. The van der Waals surface area contributed by atoms with Gasteiger partial charge >= 0.3 is 0 Å². The molecule has 1 heterocycles. The molecule has 26 heavy (non-hydrogen) atoms. The number of nitrogens with zero attached hydrogens (tertiary/aromatic N) is 1. The molecule has 1 unspecified atom stereocenters. The van der Waals surface area contributed by atoms with Gasteiger partial charge in [-0.05, 0) is 36.6 Å². The van der Waals surface area contributed by atoms with Crippen LogP contribution in [0.2, 0.25) is 0 Å². The third-order valence-corrected chi connectivity index (χ3v) is 5.46. The van der Waals surface area contributed by atoms with E-state index >= 15 is 0 Å². The minimum atomic E-state index is -2.24. The van der Waals surface area contributed by atoms with Gasteiger partial charge in [0.15, 0.2) is 0 Å². The Bertz CT molecular complexity index is 1070.